The zero-order valence-corrected chi connectivity index (χ0v) is 7.29. The molecule has 1 heteroatoms. The number of carbonyl (C=O) groups is 1. The van der Waals surface area contributed by atoms with Crippen LogP contribution in [0.15, 0.2) is 36.0 Å². The highest BCUT2D eigenvalue weighted by molar-refractivity contribution is 5.87. The van der Waals surface area contributed by atoms with Crippen LogP contribution in [0.25, 0.3) is 0 Å². The standard InChI is InChI=1S/C10H14O/c1-4-6-9(2)7-5-8-10(3)11/h4-8H,1-3H3/b6-4+,8-5+,9-7+. The minimum Gasteiger partial charge on any atom is -0.295 e. The Labute approximate surface area is 68.1 Å². The summed E-state index contributed by atoms with van der Waals surface area (Å²) in [6.07, 6.45) is 9.17. The van der Waals surface area contributed by atoms with Crippen LogP contribution in [0.3, 0.4) is 0 Å². The first-order valence-electron chi connectivity index (χ1n) is 3.65. The third-order valence-electron chi connectivity index (χ3n) is 1.12. The van der Waals surface area contributed by atoms with Gasteiger partial charge in [0.2, 0.25) is 0 Å². The van der Waals surface area contributed by atoms with Crippen molar-refractivity contribution in [3.8, 4) is 0 Å². The molecular formula is C10H14O. The van der Waals surface area contributed by atoms with E-state index in [1.807, 2.05) is 32.1 Å². The highest BCUT2D eigenvalue weighted by Gasteiger charge is 1.79. The molecule has 0 saturated carbocycles. The zero-order valence-electron chi connectivity index (χ0n) is 7.29. The average molecular weight is 150 g/mol. The third kappa shape index (κ3) is 6.78. The molecule has 0 fully saturated rings. The van der Waals surface area contributed by atoms with Gasteiger partial charge in [-0.25, -0.2) is 0 Å². The molecule has 0 aromatic heterocycles. The van der Waals surface area contributed by atoms with Crippen molar-refractivity contribution >= 4 is 5.78 Å². The van der Waals surface area contributed by atoms with Crippen molar-refractivity contribution < 1.29 is 4.79 Å². The van der Waals surface area contributed by atoms with E-state index in [1.54, 1.807) is 12.2 Å². The van der Waals surface area contributed by atoms with Gasteiger partial charge in [-0.3, -0.25) is 4.79 Å². The molecule has 0 bridgehead atoms. The zero-order chi connectivity index (χ0) is 8.69. The second-order valence-electron chi connectivity index (χ2n) is 2.38. The first kappa shape index (κ1) is 9.89. The quantitative estimate of drug-likeness (QED) is 0.446. The van der Waals surface area contributed by atoms with E-state index in [2.05, 4.69) is 0 Å². The molecule has 0 aromatic carbocycles. The van der Waals surface area contributed by atoms with Gasteiger partial charge in [-0.05, 0) is 26.8 Å². The summed E-state index contributed by atoms with van der Waals surface area (Å²) in [5.74, 6) is 0.0783. The van der Waals surface area contributed by atoms with Crippen LogP contribution >= 0.6 is 0 Å². The first-order chi connectivity index (χ1) is 5.16. The fourth-order valence-corrected chi connectivity index (χ4v) is 0.654. The molecule has 0 atom stereocenters. The van der Waals surface area contributed by atoms with Crippen molar-refractivity contribution in [3.05, 3.63) is 36.0 Å². The van der Waals surface area contributed by atoms with E-state index in [0.29, 0.717) is 0 Å². The van der Waals surface area contributed by atoms with E-state index in [9.17, 15) is 4.79 Å². The molecule has 0 rings (SSSR count). The van der Waals surface area contributed by atoms with Gasteiger partial charge in [-0.1, -0.05) is 29.9 Å². The maximum absolute atomic E-state index is 10.4. The molecule has 0 unspecified atom stereocenters. The maximum Gasteiger partial charge on any atom is 0.152 e. The van der Waals surface area contributed by atoms with Crippen LogP contribution in [0.1, 0.15) is 20.8 Å². The van der Waals surface area contributed by atoms with Crippen LogP contribution in [0, 0.1) is 0 Å². The summed E-state index contributed by atoms with van der Waals surface area (Å²) in [5.41, 5.74) is 1.14. The fourth-order valence-electron chi connectivity index (χ4n) is 0.654. The molecule has 0 saturated heterocycles. The van der Waals surface area contributed by atoms with Crippen molar-refractivity contribution in [1.29, 1.82) is 0 Å². The molecule has 0 radical (unpaired) electrons. The summed E-state index contributed by atoms with van der Waals surface area (Å²) in [4.78, 5) is 10.4. The van der Waals surface area contributed by atoms with E-state index in [4.69, 9.17) is 0 Å². The van der Waals surface area contributed by atoms with E-state index >= 15 is 0 Å². The van der Waals surface area contributed by atoms with Crippen molar-refractivity contribution in [2.45, 2.75) is 20.8 Å². The lowest BCUT2D eigenvalue weighted by Crippen LogP contribution is -1.77. The number of allylic oxidation sites excluding steroid dienone is 6. The Kier molecular flexibility index (Phi) is 5.09. The predicted octanol–water partition coefficient (Wildman–Crippen LogP) is 2.65. The molecule has 1 nitrogen and oxygen atoms in total. The van der Waals surface area contributed by atoms with Gasteiger partial charge in [0, 0.05) is 0 Å². The molecule has 0 aromatic rings. The lowest BCUT2D eigenvalue weighted by atomic mass is 10.2. The highest BCUT2D eigenvalue weighted by Crippen LogP contribution is 1.94. The monoisotopic (exact) mass is 150 g/mol. The van der Waals surface area contributed by atoms with Crippen LogP contribution in [0.4, 0.5) is 0 Å². The molecule has 0 aliphatic heterocycles. The van der Waals surface area contributed by atoms with Crippen molar-refractivity contribution in [2.24, 2.45) is 0 Å². The third-order valence-corrected chi connectivity index (χ3v) is 1.12. The number of carbonyl (C=O) groups excluding carboxylic acids is 1. The molecule has 0 amide bonds. The van der Waals surface area contributed by atoms with Crippen LogP contribution in [-0.2, 0) is 4.79 Å². The molecule has 11 heavy (non-hydrogen) atoms. The van der Waals surface area contributed by atoms with Crippen LogP contribution < -0.4 is 0 Å². The molecule has 0 heterocycles. The van der Waals surface area contributed by atoms with Gasteiger partial charge in [0.1, 0.15) is 0 Å². The van der Waals surface area contributed by atoms with Gasteiger partial charge in [-0.15, -0.1) is 0 Å². The number of hydrogen-bond donors (Lipinski definition) is 0. The second kappa shape index (κ2) is 5.66. The van der Waals surface area contributed by atoms with Crippen molar-refractivity contribution in [1.82, 2.24) is 0 Å². The van der Waals surface area contributed by atoms with Gasteiger partial charge in [0.25, 0.3) is 0 Å². The Morgan fingerprint density at radius 1 is 1.18 bits per heavy atom. The summed E-state index contributed by atoms with van der Waals surface area (Å²) in [5, 5.41) is 0. The van der Waals surface area contributed by atoms with Gasteiger partial charge in [0.15, 0.2) is 5.78 Å². The molecule has 60 valence electrons. The predicted molar refractivity (Wildman–Crippen MR) is 48.4 cm³/mol. The average Bonchev–Trinajstić information content (AvgIpc) is 1.87. The van der Waals surface area contributed by atoms with E-state index in [0.717, 1.165) is 5.57 Å². The van der Waals surface area contributed by atoms with Crippen LogP contribution in [-0.4, -0.2) is 5.78 Å². The Morgan fingerprint density at radius 3 is 2.27 bits per heavy atom. The summed E-state index contributed by atoms with van der Waals surface area (Å²) < 4.78 is 0. The van der Waals surface area contributed by atoms with E-state index in [-0.39, 0.29) is 5.78 Å². The smallest absolute Gasteiger partial charge is 0.152 e. The van der Waals surface area contributed by atoms with Gasteiger partial charge in [0.05, 0.1) is 0 Å². The molecule has 0 N–H and O–H groups in total. The topological polar surface area (TPSA) is 17.1 Å². The molecule has 0 aliphatic carbocycles. The molecule has 0 aliphatic rings. The Hall–Kier alpha value is -1.11. The number of hydrogen-bond acceptors (Lipinski definition) is 1. The first-order valence-corrected chi connectivity index (χ1v) is 3.65. The van der Waals surface area contributed by atoms with Gasteiger partial charge >= 0.3 is 0 Å². The Morgan fingerprint density at radius 2 is 1.82 bits per heavy atom. The summed E-state index contributed by atoms with van der Waals surface area (Å²) >= 11 is 0. The van der Waals surface area contributed by atoms with Crippen LogP contribution in [0.2, 0.25) is 0 Å². The summed E-state index contributed by atoms with van der Waals surface area (Å²) in [6, 6.07) is 0. The second-order valence-corrected chi connectivity index (χ2v) is 2.38. The SMILES string of the molecule is C/C=C/C(C)=C/C=C/C(C)=O. The van der Waals surface area contributed by atoms with E-state index in [1.165, 1.54) is 6.92 Å². The van der Waals surface area contributed by atoms with Gasteiger partial charge < -0.3 is 0 Å². The summed E-state index contributed by atoms with van der Waals surface area (Å²) in [6.45, 7) is 5.49. The number of rotatable bonds is 3. The minimum atomic E-state index is 0.0783. The number of ketones is 1. The van der Waals surface area contributed by atoms with Crippen LogP contribution in [0.5, 0.6) is 0 Å². The maximum atomic E-state index is 10.4. The van der Waals surface area contributed by atoms with Crippen molar-refractivity contribution in [2.75, 3.05) is 0 Å². The fraction of sp³-hybridized carbons (Fsp3) is 0.300. The van der Waals surface area contributed by atoms with Crippen molar-refractivity contribution in [3.63, 3.8) is 0 Å². The van der Waals surface area contributed by atoms with Gasteiger partial charge in [-0.2, -0.15) is 0 Å². The largest absolute Gasteiger partial charge is 0.295 e. The summed E-state index contributed by atoms with van der Waals surface area (Å²) in [7, 11) is 0. The minimum absolute atomic E-state index is 0.0783. The lowest BCUT2D eigenvalue weighted by molar-refractivity contribution is -0.112. The van der Waals surface area contributed by atoms with E-state index < -0.39 is 0 Å². The molecular weight excluding hydrogens is 136 g/mol. The Balaban J connectivity index is 4.01. The lowest BCUT2D eigenvalue weighted by Gasteiger charge is -1.84. The Bertz CT molecular complexity index is 207. The normalized spacial score (nSPS) is 13.2. The highest BCUT2D eigenvalue weighted by atomic mass is 16.1. The molecule has 0 spiro atoms.